The van der Waals surface area contributed by atoms with Crippen molar-refractivity contribution in [2.75, 3.05) is 32.7 Å². The van der Waals surface area contributed by atoms with Crippen molar-refractivity contribution in [3.63, 3.8) is 0 Å². The van der Waals surface area contributed by atoms with E-state index in [9.17, 15) is 13.2 Å². The molecule has 0 aromatic heterocycles. The van der Waals surface area contributed by atoms with E-state index in [1.807, 2.05) is 24.3 Å². The summed E-state index contributed by atoms with van der Waals surface area (Å²) >= 11 is 0. The molecule has 0 fully saturated rings. The van der Waals surface area contributed by atoms with Gasteiger partial charge in [-0.05, 0) is 66.4 Å². The minimum absolute atomic E-state index is 0.0606. The lowest BCUT2D eigenvalue weighted by Gasteiger charge is -2.22. The molecule has 3 aromatic rings. The van der Waals surface area contributed by atoms with Crippen molar-refractivity contribution in [1.82, 2.24) is 5.32 Å². The van der Waals surface area contributed by atoms with E-state index in [-0.39, 0.29) is 16.8 Å². The number of nitrogens with zero attached hydrogens (tertiary/aromatic N) is 1. The Morgan fingerprint density at radius 3 is 2.03 bits per heavy atom. The van der Waals surface area contributed by atoms with Gasteiger partial charge in [-0.3, -0.25) is 9.10 Å². The molecule has 0 saturated carbocycles. The summed E-state index contributed by atoms with van der Waals surface area (Å²) in [4.78, 5) is 13.1. The van der Waals surface area contributed by atoms with Crippen LogP contribution in [0.1, 0.15) is 42.2 Å². The van der Waals surface area contributed by atoms with Gasteiger partial charge in [-0.2, -0.15) is 0 Å². The van der Waals surface area contributed by atoms with Crippen LogP contribution in [0.4, 0.5) is 5.69 Å². The lowest BCUT2D eigenvalue weighted by molar-refractivity contribution is 0.0932. The molecule has 1 amide bonds. The van der Waals surface area contributed by atoms with E-state index in [0.29, 0.717) is 28.7 Å². The van der Waals surface area contributed by atoms with Crippen LogP contribution in [-0.4, -0.2) is 42.7 Å². The number of hydrogen-bond donors (Lipinski definition) is 1. The van der Waals surface area contributed by atoms with E-state index in [1.54, 1.807) is 37.4 Å². The SMILES string of the molecule is COc1ccc([C@@H](CC(C)C)NC(=O)c2ccc(N(C)S(=O)(=O)c3ccc(OC)c(OC)c3)cc2)cc1. The molecular weight excluding hydrogens is 492 g/mol. The molecule has 1 atom stereocenters. The summed E-state index contributed by atoms with van der Waals surface area (Å²) in [6.45, 7) is 4.21. The number of carbonyl (C=O) groups excluding carboxylic acids is 1. The zero-order valence-electron chi connectivity index (χ0n) is 22.0. The van der Waals surface area contributed by atoms with Gasteiger partial charge < -0.3 is 19.5 Å². The Hall–Kier alpha value is -3.72. The van der Waals surface area contributed by atoms with Gasteiger partial charge in [0, 0.05) is 18.7 Å². The van der Waals surface area contributed by atoms with Crippen LogP contribution < -0.4 is 23.8 Å². The summed E-state index contributed by atoms with van der Waals surface area (Å²) < 4.78 is 43.3. The normalized spacial score (nSPS) is 12.1. The Kier molecular flexibility index (Phi) is 9.04. The molecule has 3 rings (SSSR count). The van der Waals surface area contributed by atoms with E-state index < -0.39 is 10.0 Å². The van der Waals surface area contributed by atoms with Gasteiger partial charge in [0.1, 0.15) is 5.75 Å². The van der Waals surface area contributed by atoms with Crippen molar-refractivity contribution in [3.8, 4) is 17.2 Å². The number of amides is 1. The quantitative estimate of drug-likeness (QED) is 0.376. The molecule has 0 aliphatic rings. The maximum absolute atomic E-state index is 13.2. The number of nitrogens with one attached hydrogen (secondary N) is 1. The predicted octanol–water partition coefficient (Wildman–Crippen LogP) is 5.05. The van der Waals surface area contributed by atoms with Gasteiger partial charge in [0.2, 0.25) is 0 Å². The predicted molar refractivity (Wildman–Crippen MR) is 144 cm³/mol. The number of rotatable bonds is 11. The first kappa shape index (κ1) is 27.9. The highest BCUT2D eigenvalue weighted by Gasteiger charge is 2.24. The molecule has 0 radical (unpaired) electrons. The van der Waals surface area contributed by atoms with Gasteiger partial charge >= 0.3 is 0 Å². The second-order valence-electron chi connectivity index (χ2n) is 8.96. The molecule has 9 heteroatoms. The average molecular weight is 527 g/mol. The van der Waals surface area contributed by atoms with Crippen molar-refractivity contribution < 1.29 is 27.4 Å². The third kappa shape index (κ3) is 6.54. The molecular formula is C28H34N2O6S. The summed E-state index contributed by atoms with van der Waals surface area (Å²) in [6, 6.07) is 18.3. The van der Waals surface area contributed by atoms with Crippen LogP contribution in [-0.2, 0) is 10.0 Å². The number of methoxy groups -OCH3 is 3. The van der Waals surface area contributed by atoms with Crippen molar-refractivity contribution in [2.24, 2.45) is 5.92 Å². The minimum Gasteiger partial charge on any atom is -0.497 e. The maximum atomic E-state index is 13.2. The third-order valence-corrected chi connectivity index (χ3v) is 7.82. The summed E-state index contributed by atoms with van der Waals surface area (Å²) in [7, 11) is 2.14. The van der Waals surface area contributed by atoms with E-state index in [0.717, 1.165) is 22.0 Å². The Morgan fingerprint density at radius 1 is 0.865 bits per heavy atom. The van der Waals surface area contributed by atoms with Crippen LogP contribution in [0.2, 0.25) is 0 Å². The van der Waals surface area contributed by atoms with Crippen LogP contribution >= 0.6 is 0 Å². The van der Waals surface area contributed by atoms with E-state index >= 15 is 0 Å². The molecule has 0 aliphatic carbocycles. The zero-order valence-corrected chi connectivity index (χ0v) is 22.8. The van der Waals surface area contributed by atoms with Gasteiger partial charge in [-0.25, -0.2) is 8.42 Å². The van der Waals surface area contributed by atoms with Gasteiger partial charge in [0.15, 0.2) is 11.5 Å². The fourth-order valence-electron chi connectivity index (χ4n) is 3.92. The number of benzene rings is 3. The van der Waals surface area contributed by atoms with Crippen LogP contribution in [0, 0.1) is 5.92 Å². The van der Waals surface area contributed by atoms with Crippen molar-refractivity contribution in [3.05, 3.63) is 77.9 Å². The fraction of sp³-hybridized carbons (Fsp3) is 0.321. The highest BCUT2D eigenvalue weighted by molar-refractivity contribution is 7.92. The summed E-state index contributed by atoms with van der Waals surface area (Å²) in [5.74, 6) is 1.63. The van der Waals surface area contributed by atoms with Gasteiger partial charge in [-0.15, -0.1) is 0 Å². The van der Waals surface area contributed by atoms with Crippen molar-refractivity contribution >= 4 is 21.6 Å². The first-order valence-corrected chi connectivity index (χ1v) is 13.3. The van der Waals surface area contributed by atoms with E-state index in [2.05, 4.69) is 19.2 Å². The van der Waals surface area contributed by atoms with Gasteiger partial charge in [-0.1, -0.05) is 26.0 Å². The molecule has 198 valence electrons. The van der Waals surface area contributed by atoms with Crippen LogP contribution in [0.3, 0.4) is 0 Å². The smallest absolute Gasteiger partial charge is 0.264 e. The zero-order chi connectivity index (χ0) is 27.2. The number of carbonyl (C=O) groups is 1. The average Bonchev–Trinajstić information content (AvgIpc) is 2.91. The summed E-state index contributed by atoms with van der Waals surface area (Å²) in [5, 5.41) is 3.11. The standard InChI is InChI=1S/C28H34N2O6S/c1-19(2)17-25(20-9-13-23(34-4)14-10-20)29-28(31)21-7-11-22(12-8-21)30(3)37(32,33)24-15-16-26(35-5)27(18-24)36-6/h7-16,18-19,25H,17H2,1-6H3,(H,29,31)/t25-/m1/s1. The fourth-order valence-corrected chi connectivity index (χ4v) is 5.14. The number of anilines is 1. The van der Waals surface area contributed by atoms with Gasteiger partial charge in [0.05, 0.1) is 38.0 Å². The lowest BCUT2D eigenvalue weighted by Crippen LogP contribution is -2.30. The number of sulfonamides is 1. The highest BCUT2D eigenvalue weighted by atomic mass is 32.2. The second kappa shape index (κ2) is 12.0. The van der Waals surface area contributed by atoms with Gasteiger partial charge in [0.25, 0.3) is 15.9 Å². The molecule has 37 heavy (non-hydrogen) atoms. The molecule has 0 spiro atoms. The maximum Gasteiger partial charge on any atom is 0.264 e. The Morgan fingerprint density at radius 2 is 1.49 bits per heavy atom. The Balaban J connectivity index is 1.79. The topological polar surface area (TPSA) is 94.2 Å². The molecule has 1 N–H and O–H groups in total. The minimum atomic E-state index is -3.87. The summed E-state index contributed by atoms with van der Waals surface area (Å²) in [5.41, 5.74) is 1.84. The second-order valence-corrected chi connectivity index (χ2v) is 10.9. The molecule has 3 aromatic carbocycles. The first-order valence-electron chi connectivity index (χ1n) is 11.9. The molecule has 8 nitrogen and oxygen atoms in total. The highest BCUT2D eigenvalue weighted by Crippen LogP contribution is 2.32. The van der Waals surface area contributed by atoms with Crippen LogP contribution in [0.15, 0.2) is 71.6 Å². The number of hydrogen-bond acceptors (Lipinski definition) is 6. The third-order valence-electron chi connectivity index (χ3n) is 6.04. The lowest BCUT2D eigenvalue weighted by atomic mass is 9.96. The van der Waals surface area contributed by atoms with Crippen LogP contribution in [0.5, 0.6) is 17.2 Å². The molecule has 0 heterocycles. The molecule has 0 aliphatic heterocycles. The summed E-state index contributed by atoms with van der Waals surface area (Å²) in [6.07, 6.45) is 0.766. The van der Waals surface area contributed by atoms with Crippen molar-refractivity contribution in [2.45, 2.75) is 31.2 Å². The van der Waals surface area contributed by atoms with Crippen LogP contribution in [0.25, 0.3) is 0 Å². The van der Waals surface area contributed by atoms with Crippen molar-refractivity contribution in [1.29, 1.82) is 0 Å². The molecule has 0 bridgehead atoms. The Bertz CT molecular complexity index is 1310. The molecule has 0 saturated heterocycles. The Labute approximate surface area is 219 Å². The largest absolute Gasteiger partial charge is 0.497 e. The number of ether oxygens (including phenoxy) is 3. The van der Waals surface area contributed by atoms with E-state index in [1.165, 1.54) is 33.4 Å². The molecule has 0 unspecified atom stereocenters. The first-order chi connectivity index (χ1) is 17.6. The van der Waals surface area contributed by atoms with E-state index in [4.69, 9.17) is 14.2 Å². The monoisotopic (exact) mass is 526 g/mol.